The maximum Gasteiger partial charge on any atom is 0.211 e. The molecule has 1 fully saturated rings. The van der Waals surface area contributed by atoms with E-state index in [1.54, 1.807) is 27.6 Å². The van der Waals surface area contributed by atoms with Gasteiger partial charge in [-0.25, -0.2) is 22.7 Å². The van der Waals surface area contributed by atoms with Gasteiger partial charge in [0.1, 0.15) is 5.00 Å². The zero-order chi connectivity index (χ0) is 21.6. The summed E-state index contributed by atoms with van der Waals surface area (Å²) in [5.74, 6) is 0.733. The average molecular weight is 459 g/mol. The lowest BCUT2D eigenvalue weighted by atomic mass is 9.96. The third-order valence-corrected chi connectivity index (χ3v) is 7.46. The number of aromatic nitrogens is 6. The standard InChI is InChI=1S/C19H22N8O2S2/c1-25-11-14(9-22-25)16-10-21-19-18(20-5-7-27(16)19)23-17-8-15(24-30-17)13-4-3-6-26(12-13)31(2,28)29/h5,7-11,13H,3-4,6,12H2,1-2H3,(H,20,23). The molecule has 0 spiro atoms. The van der Waals surface area contributed by atoms with Crippen molar-refractivity contribution in [3.8, 4) is 11.3 Å². The highest BCUT2D eigenvalue weighted by Gasteiger charge is 2.28. The molecule has 1 saturated heterocycles. The molecule has 4 aromatic rings. The Balaban J connectivity index is 1.39. The molecule has 0 aliphatic carbocycles. The van der Waals surface area contributed by atoms with Crippen molar-refractivity contribution >= 4 is 38.0 Å². The first-order valence-electron chi connectivity index (χ1n) is 9.88. The number of piperidine rings is 1. The van der Waals surface area contributed by atoms with Crippen LogP contribution in [0.4, 0.5) is 10.8 Å². The lowest BCUT2D eigenvalue weighted by Gasteiger charge is -2.29. The number of anilines is 2. The summed E-state index contributed by atoms with van der Waals surface area (Å²) in [6, 6.07) is 1.98. The molecule has 1 aliphatic heterocycles. The van der Waals surface area contributed by atoms with Crippen molar-refractivity contribution < 1.29 is 8.42 Å². The van der Waals surface area contributed by atoms with Crippen LogP contribution in [0.15, 0.2) is 37.1 Å². The summed E-state index contributed by atoms with van der Waals surface area (Å²) in [6.07, 6.45) is 12.2. The second-order valence-electron chi connectivity index (χ2n) is 7.72. The summed E-state index contributed by atoms with van der Waals surface area (Å²) in [5, 5.41) is 8.41. The van der Waals surface area contributed by atoms with E-state index in [0.717, 1.165) is 34.8 Å². The lowest BCUT2D eigenvalue weighted by molar-refractivity contribution is 0.315. The lowest BCUT2D eigenvalue weighted by Crippen LogP contribution is -2.38. The molecule has 0 radical (unpaired) electrons. The maximum absolute atomic E-state index is 11.9. The molecule has 0 bridgehead atoms. The number of imidazole rings is 1. The monoisotopic (exact) mass is 458 g/mol. The van der Waals surface area contributed by atoms with Gasteiger partial charge in [0.05, 0.1) is 30.0 Å². The van der Waals surface area contributed by atoms with Gasteiger partial charge in [0, 0.05) is 50.2 Å². The second kappa shape index (κ2) is 7.70. The van der Waals surface area contributed by atoms with Crippen molar-refractivity contribution in [2.75, 3.05) is 24.7 Å². The molecular formula is C19H22N8O2S2. The SMILES string of the molecule is Cn1cc(-c2cnc3c(Nc4cc(C5CCCN(S(C)(=O)=O)C5)ns4)nccn23)cn1. The van der Waals surface area contributed by atoms with Crippen molar-refractivity contribution in [1.29, 1.82) is 0 Å². The molecule has 31 heavy (non-hydrogen) atoms. The Bertz CT molecular complexity index is 1340. The molecule has 0 amide bonds. The van der Waals surface area contributed by atoms with Crippen molar-refractivity contribution in [2.45, 2.75) is 18.8 Å². The minimum absolute atomic E-state index is 0.0997. The predicted octanol–water partition coefficient (Wildman–Crippen LogP) is 2.47. The summed E-state index contributed by atoms with van der Waals surface area (Å²) in [4.78, 5) is 9.00. The fourth-order valence-electron chi connectivity index (χ4n) is 3.92. The Hall–Kier alpha value is -2.83. The van der Waals surface area contributed by atoms with E-state index in [9.17, 15) is 8.42 Å². The summed E-state index contributed by atoms with van der Waals surface area (Å²) >= 11 is 1.34. The molecule has 0 aromatic carbocycles. The van der Waals surface area contributed by atoms with Gasteiger partial charge >= 0.3 is 0 Å². The highest BCUT2D eigenvalue weighted by molar-refractivity contribution is 7.88. The highest BCUT2D eigenvalue weighted by atomic mass is 32.2. The molecule has 4 aromatic heterocycles. The molecule has 5 rings (SSSR count). The Morgan fingerprint density at radius 1 is 1.26 bits per heavy atom. The van der Waals surface area contributed by atoms with Crippen LogP contribution in [0.5, 0.6) is 0 Å². The number of nitrogens with zero attached hydrogens (tertiary/aromatic N) is 7. The summed E-state index contributed by atoms with van der Waals surface area (Å²) < 4.78 is 33.7. The number of sulfonamides is 1. The van der Waals surface area contributed by atoms with E-state index in [1.807, 2.05) is 29.9 Å². The summed E-state index contributed by atoms with van der Waals surface area (Å²) in [6.45, 7) is 1.06. The van der Waals surface area contributed by atoms with Gasteiger partial charge in [0.15, 0.2) is 11.5 Å². The molecule has 1 unspecified atom stereocenters. The first-order valence-corrected chi connectivity index (χ1v) is 12.5. The Morgan fingerprint density at radius 3 is 2.90 bits per heavy atom. The zero-order valence-corrected chi connectivity index (χ0v) is 18.8. The van der Waals surface area contributed by atoms with Crippen LogP contribution >= 0.6 is 11.5 Å². The normalized spacial score (nSPS) is 17.9. The summed E-state index contributed by atoms with van der Waals surface area (Å²) in [7, 11) is -1.31. The molecule has 162 valence electrons. The van der Waals surface area contributed by atoms with Crippen LogP contribution in [0.1, 0.15) is 24.5 Å². The van der Waals surface area contributed by atoms with Crippen LogP contribution in [0, 0.1) is 0 Å². The van der Waals surface area contributed by atoms with Crippen molar-refractivity contribution in [2.24, 2.45) is 7.05 Å². The van der Waals surface area contributed by atoms with Crippen LogP contribution in [0.25, 0.3) is 16.9 Å². The number of aryl methyl sites for hydroxylation is 1. The molecule has 1 atom stereocenters. The Kier molecular flexibility index (Phi) is 4.99. The molecule has 10 nitrogen and oxygen atoms in total. The number of fused-ring (bicyclic) bond motifs is 1. The smallest absolute Gasteiger partial charge is 0.211 e. The van der Waals surface area contributed by atoms with Crippen LogP contribution in [0.3, 0.4) is 0 Å². The largest absolute Gasteiger partial charge is 0.328 e. The zero-order valence-electron chi connectivity index (χ0n) is 17.1. The Labute approximate surface area is 183 Å². The number of rotatable bonds is 5. The molecule has 1 N–H and O–H groups in total. The van der Waals surface area contributed by atoms with Crippen molar-refractivity contribution in [3.05, 3.63) is 42.7 Å². The molecule has 5 heterocycles. The van der Waals surface area contributed by atoms with Gasteiger partial charge in [-0.2, -0.15) is 9.47 Å². The quantitative estimate of drug-likeness (QED) is 0.489. The predicted molar refractivity (Wildman–Crippen MR) is 119 cm³/mol. The van der Waals surface area contributed by atoms with Crippen LogP contribution < -0.4 is 5.32 Å². The Morgan fingerprint density at radius 2 is 2.13 bits per heavy atom. The van der Waals surface area contributed by atoms with E-state index < -0.39 is 10.0 Å². The van der Waals surface area contributed by atoms with E-state index in [0.29, 0.717) is 24.6 Å². The van der Waals surface area contributed by atoms with Gasteiger partial charge in [-0.1, -0.05) is 0 Å². The van der Waals surface area contributed by atoms with E-state index in [4.69, 9.17) is 0 Å². The van der Waals surface area contributed by atoms with Crippen LogP contribution in [-0.4, -0.2) is 60.6 Å². The average Bonchev–Trinajstić information content (AvgIpc) is 3.47. The third kappa shape index (κ3) is 3.93. The molecule has 0 saturated carbocycles. The number of hydrogen-bond acceptors (Lipinski definition) is 8. The van der Waals surface area contributed by atoms with E-state index >= 15 is 0 Å². The molecule has 12 heteroatoms. The number of hydrogen-bond donors (Lipinski definition) is 1. The first-order chi connectivity index (χ1) is 14.9. The number of nitrogens with one attached hydrogen (secondary N) is 1. The summed E-state index contributed by atoms with van der Waals surface area (Å²) in [5.41, 5.74) is 3.52. The van der Waals surface area contributed by atoms with Gasteiger partial charge in [-0.15, -0.1) is 0 Å². The van der Waals surface area contributed by atoms with Gasteiger partial charge in [-0.3, -0.25) is 9.08 Å². The first kappa shape index (κ1) is 20.1. The topological polar surface area (TPSA) is 110 Å². The van der Waals surface area contributed by atoms with Gasteiger partial charge in [0.25, 0.3) is 0 Å². The minimum atomic E-state index is -3.19. The minimum Gasteiger partial charge on any atom is -0.328 e. The maximum atomic E-state index is 11.9. The van der Waals surface area contributed by atoms with Gasteiger partial charge in [-0.05, 0) is 30.4 Å². The fraction of sp³-hybridized carbons (Fsp3) is 0.368. The second-order valence-corrected chi connectivity index (χ2v) is 10.5. The van der Waals surface area contributed by atoms with Gasteiger partial charge in [0.2, 0.25) is 10.0 Å². The van der Waals surface area contributed by atoms with E-state index in [2.05, 4.69) is 24.8 Å². The van der Waals surface area contributed by atoms with Gasteiger partial charge < -0.3 is 5.32 Å². The van der Waals surface area contributed by atoms with Crippen molar-refractivity contribution in [3.63, 3.8) is 0 Å². The van der Waals surface area contributed by atoms with E-state index in [-0.39, 0.29) is 5.92 Å². The molecule has 1 aliphatic rings. The highest BCUT2D eigenvalue weighted by Crippen LogP contribution is 2.32. The third-order valence-electron chi connectivity index (χ3n) is 5.47. The molecular weight excluding hydrogens is 436 g/mol. The van der Waals surface area contributed by atoms with Crippen LogP contribution in [0.2, 0.25) is 0 Å². The van der Waals surface area contributed by atoms with Crippen molar-refractivity contribution in [1.82, 2.24) is 32.8 Å². The van der Waals surface area contributed by atoms with E-state index in [1.165, 1.54) is 17.8 Å². The fourth-order valence-corrected chi connectivity index (χ4v) is 5.55. The van der Waals surface area contributed by atoms with Crippen LogP contribution in [-0.2, 0) is 17.1 Å².